The Hall–Kier alpha value is -3.33. The normalized spacial score (nSPS) is 12.8. The zero-order valence-corrected chi connectivity index (χ0v) is 19.6. The molecule has 4 rings (SSSR count). The Morgan fingerprint density at radius 1 is 1.12 bits per heavy atom. The predicted molar refractivity (Wildman–Crippen MR) is 127 cm³/mol. The van der Waals surface area contributed by atoms with Gasteiger partial charge in [-0.15, -0.1) is 10.2 Å². The van der Waals surface area contributed by atoms with Crippen LogP contribution in [0.15, 0.2) is 53.7 Å². The number of nitrogens with one attached hydrogen (secondary N) is 1. The fraction of sp³-hybridized carbons (Fsp3) is 0.333. The van der Waals surface area contributed by atoms with E-state index in [9.17, 15) is 9.59 Å². The van der Waals surface area contributed by atoms with Gasteiger partial charge in [0, 0.05) is 31.4 Å². The van der Waals surface area contributed by atoms with E-state index in [1.165, 1.54) is 22.9 Å². The summed E-state index contributed by atoms with van der Waals surface area (Å²) in [7, 11) is 1.58. The number of fused-ring (bicyclic) bond motifs is 1. The van der Waals surface area contributed by atoms with E-state index < -0.39 is 0 Å². The summed E-state index contributed by atoms with van der Waals surface area (Å²) in [5, 5.41) is 11.9. The van der Waals surface area contributed by atoms with Crippen molar-refractivity contribution in [2.24, 2.45) is 0 Å². The van der Waals surface area contributed by atoms with E-state index in [1.54, 1.807) is 19.2 Å². The highest BCUT2D eigenvalue weighted by atomic mass is 32.2. The van der Waals surface area contributed by atoms with E-state index in [4.69, 9.17) is 4.74 Å². The highest BCUT2D eigenvalue weighted by Gasteiger charge is 2.22. The number of aromatic nitrogens is 3. The summed E-state index contributed by atoms with van der Waals surface area (Å²) in [4.78, 5) is 27.2. The van der Waals surface area contributed by atoms with Crippen LogP contribution in [0.1, 0.15) is 23.9 Å². The summed E-state index contributed by atoms with van der Waals surface area (Å²) in [6.45, 7) is 3.96. The molecule has 1 aromatic heterocycles. The molecule has 1 N–H and O–H groups in total. The molecular formula is C24H27N5O3S. The Bertz CT molecular complexity index is 1150. The zero-order valence-electron chi connectivity index (χ0n) is 18.8. The summed E-state index contributed by atoms with van der Waals surface area (Å²) >= 11 is 1.36. The summed E-state index contributed by atoms with van der Waals surface area (Å²) in [5.74, 6) is 1.42. The minimum Gasteiger partial charge on any atom is -0.497 e. The highest BCUT2D eigenvalue weighted by Crippen LogP contribution is 2.22. The first-order valence-electron chi connectivity index (χ1n) is 10.9. The van der Waals surface area contributed by atoms with Crippen molar-refractivity contribution in [2.45, 2.75) is 38.0 Å². The predicted octanol–water partition coefficient (Wildman–Crippen LogP) is 3.16. The molecule has 0 saturated heterocycles. The second-order valence-electron chi connectivity index (χ2n) is 7.72. The molecule has 8 nitrogen and oxygen atoms in total. The largest absolute Gasteiger partial charge is 0.497 e. The van der Waals surface area contributed by atoms with Crippen molar-refractivity contribution in [3.8, 4) is 5.75 Å². The van der Waals surface area contributed by atoms with Crippen LogP contribution in [0.3, 0.4) is 0 Å². The summed E-state index contributed by atoms with van der Waals surface area (Å²) < 4.78 is 7.07. The fourth-order valence-electron chi connectivity index (χ4n) is 3.85. The van der Waals surface area contributed by atoms with Crippen molar-refractivity contribution in [2.75, 3.05) is 24.7 Å². The van der Waals surface area contributed by atoms with E-state index >= 15 is 0 Å². The molecule has 0 aliphatic carbocycles. The van der Waals surface area contributed by atoms with Crippen LogP contribution in [0.4, 0.5) is 5.69 Å². The highest BCUT2D eigenvalue weighted by molar-refractivity contribution is 7.99. The first kappa shape index (κ1) is 22.8. The Morgan fingerprint density at radius 3 is 2.73 bits per heavy atom. The average Bonchev–Trinajstić information content (AvgIpc) is 3.23. The Labute approximate surface area is 197 Å². The lowest BCUT2D eigenvalue weighted by atomic mass is 10.00. The van der Waals surface area contributed by atoms with Gasteiger partial charge in [-0.25, -0.2) is 0 Å². The van der Waals surface area contributed by atoms with Crippen LogP contribution >= 0.6 is 11.8 Å². The number of anilines is 1. The first-order chi connectivity index (χ1) is 16.1. The number of rotatable bonds is 8. The van der Waals surface area contributed by atoms with E-state index in [2.05, 4.69) is 27.6 Å². The van der Waals surface area contributed by atoms with Gasteiger partial charge in [-0.1, -0.05) is 42.1 Å². The fourth-order valence-corrected chi connectivity index (χ4v) is 4.77. The number of carbonyl (C=O) groups is 2. The first-order valence-corrected chi connectivity index (χ1v) is 11.9. The lowest BCUT2D eigenvalue weighted by Crippen LogP contribution is -2.37. The monoisotopic (exact) mass is 465 g/mol. The Kier molecular flexibility index (Phi) is 7.29. The van der Waals surface area contributed by atoms with Crippen LogP contribution in [-0.2, 0) is 35.5 Å². The molecule has 1 aliphatic rings. The molecule has 0 unspecified atom stereocenters. The third kappa shape index (κ3) is 5.54. The van der Waals surface area contributed by atoms with Crippen LogP contribution < -0.4 is 10.1 Å². The molecule has 1 aliphatic heterocycles. The maximum Gasteiger partial charge on any atom is 0.233 e. The van der Waals surface area contributed by atoms with Crippen molar-refractivity contribution in [3.05, 3.63) is 65.5 Å². The Balaban J connectivity index is 1.34. The molecular weight excluding hydrogens is 438 g/mol. The van der Waals surface area contributed by atoms with E-state index in [1.807, 2.05) is 40.7 Å². The van der Waals surface area contributed by atoms with Gasteiger partial charge in [0.15, 0.2) is 5.16 Å². The van der Waals surface area contributed by atoms with Gasteiger partial charge in [-0.3, -0.25) is 9.59 Å². The van der Waals surface area contributed by atoms with Gasteiger partial charge in [0.25, 0.3) is 0 Å². The molecule has 33 heavy (non-hydrogen) atoms. The standard InChI is InChI=1S/C24H27N5O3S/c1-3-29-21(14-22(30)25-19-9-6-10-20(13-19)32-2)26-27-24(29)33-16-23(31)28-12-11-17-7-4-5-8-18(17)15-28/h4-10,13H,3,11-12,14-16H2,1-2H3,(H,25,30). The summed E-state index contributed by atoms with van der Waals surface area (Å²) in [6, 6.07) is 15.5. The molecule has 2 aromatic carbocycles. The molecule has 9 heteroatoms. The van der Waals surface area contributed by atoms with Crippen LogP contribution in [0.5, 0.6) is 5.75 Å². The van der Waals surface area contributed by atoms with Crippen LogP contribution in [0.25, 0.3) is 0 Å². The quantitative estimate of drug-likeness (QED) is 0.514. The second kappa shape index (κ2) is 10.5. The van der Waals surface area contributed by atoms with Crippen molar-refractivity contribution in [3.63, 3.8) is 0 Å². The molecule has 2 heterocycles. The van der Waals surface area contributed by atoms with Gasteiger partial charge in [0.1, 0.15) is 11.6 Å². The van der Waals surface area contributed by atoms with Crippen molar-refractivity contribution in [1.82, 2.24) is 19.7 Å². The maximum atomic E-state index is 12.8. The van der Waals surface area contributed by atoms with Gasteiger partial charge in [-0.2, -0.15) is 0 Å². The van der Waals surface area contributed by atoms with Crippen LogP contribution in [0.2, 0.25) is 0 Å². The van der Waals surface area contributed by atoms with E-state index in [0.717, 1.165) is 13.0 Å². The van der Waals surface area contributed by atoms with Gasteiger partial charge in [0.2, 0.25) is 11.8 Å². The number of nitrogens with zero attached hydrogens (tertiary/aromatic N) is 4. The lowest BCUT2D eigenvalue weighted by molar-refractivity contribution is -0.129. The molecule has 3 aromatic rings. The van der Waals surface area contributed by atoms with Gasteiger partial charge in [0.05, 0.1) is 19.3 Å². The average molecular weight is 466 g/mol. The Morgan fingerprint density at radius 2 is 1.94 bits per heavy atom. The smallest absolute Gasteiger partial charge is 0.233 e. The number of carbonyl (C=O) groups excluding carboxylic acids is 2. The molecule has 0 spiro atoms. The third-order valence-electron chi connectivity index (χ3n) is 5.59. The molecule has 0 atom stereocenters. The number of benzene rings is 2. The second-order valence-corrected chi connectivity index (χ2v) is 8.67. The molecule has 0 fully saturated rings. The van der Waals surface area contributed by atoms with Crippen LogP contribution in [0, 0.1) is 0 Å². The number of methoxy groups -OCH3 is 1. The molecule has 0 bridgehead atoms. The molecule has 2 amide bonds. The number of thioether (sulfide) groups is 1. The minimum atomic E-state index is -0.190. The number of ether oxygens (including phenoxy) is 1. The topological polar surface area (TPSA) is 89.4 Å². The van der Waals surface area contributed by atoms with E-state index in [0.29, 0.717) is 35.5 Å². The number of amides is 2. The molecule has 0 saturated carbocycles. The van der Waals surface area contributed by atoms with Crippen molar-refractivity contribution < 1.29 is 14.3 Å². The molecule has 172 valence electrons. The van der Waals surface area contributed by atoms with Gasteiger partial charge >= 0.3 is 0 Å². The van der Waals surface area contributed by atoms with Crippen molar-refractivity contribution in [1.29, 1.82) is 0 Å². The summed E-state index contributed by atoms with van der Waals surface area (Å²) in [6.07, 6.45) is 0.972. The van der Waals surface area contributed by atoms with Crippen LogP contribution in [-0.4, -0.2) is 50.9 Å². The van der Waals surface area contributed by atoms with Crippen molar-refractivity contribution >= 4 is 29.3 Å². The van der Waals surface area contributed by atoms with E-state index in [-0.39, 0.29) is 24.0 Å². The number of hydrogen-bond donors (Lipinski definition) is 1. The SMILES string of the molecule is CCn1c(CC(=O)Nc2cccc(OC)c2)nnc1SCC(=O)N1CCc2ccccc2C1. The number of hydrogen-bond acceptors (Lipinski definition) is 6. The minimum absolute atomic E-state index is 0.0810. The summed E-state index contributed by atoms with van der Waals surface area (Å²) in [5.41, 5.74) is 3.19. The van der Waals surface area contributed by atoms with Gasteiger partial charge < -0.3 is 19.5 Å². The zero-order chi connectivity index (χ0) is 23.2. The maximum absolute atomic E-state index is 12.8. The van der Waals surface area contributed by atoms with Gasteiger partial charge in [-0.05, 0) is 36.6 Å². The molecule has 0 radical (unpaired) electrons. The lowest BCUT2D eigenvalue weighted by Gasteiger charge is -2.28. The third-order valence-corrected chi connectivity index (χ3v) is 6.54.